The van der Waals surface area contributed by atoms with Crippen molar-refractivity contribution in [3.8, 4) is 5.75 Å². The van der Waals surface area contributed by atoms with Crippen LogP contribution in [0.4, 0.5) is 0 Å². The number of carbonyl (C=O) groups excluding carboxylic acids is 1. The Morgan fingerprint density at radius 1 is 1.30 bits per heavy atom. The van der Waals surface area contributed by atoms with Crippen molar-refractivity contribution in [1.29, 1.82) is 0 Å². The summed E-state index contributed by atoms with van der Waals surface area (Å²) in [5, 5.41) is 7.13. The number of aromatic nitrogens is 2. The normalized spacial score (nSPS) is 14.6. The van der Waals surface area contributed by atoms with Crippen LogP contribution in [0.2, 0.25) is 0 Å². The molecule has 1 aromatic carbocycles. The van der Waals surface area contributed by atoms with E-state index in [4.69, 9.17) is 4.74 Å². The molecule has 3 rings (SSSR count). The highest BCUT2D eigenvalue weighted by atomic mass is 32.2. The maximum atomic E-state index is 13.2. The molecule has 1 aliphatic heterocycles. The van der Waals surface area contributed by atoms with Crippen LogP contribution in [0.15, 0.2) is 29.2 Å². The van der Waals surface area contributed by atoms with E-state index < -0.39 is 10.0 Å². The molecular weight excluding hydrogens is 368 g/mol. The van der Waals surface area contributed by atoms with Crippen LogP contribution in [0.3, 0.4) is 0 Å². The van der Waals surface area contributed by atoms with Crippen LogP contribution in [0.1, 0.15) is 30.8 Å². The van der Waals surface area contributed by atoms with Gasteiger partial charge in [-0.2, -0.15) is 9.40 Å². The number of carbonyl (C=O) groups is 1. The molecule has 0 radical (unpaired) electrons. The van der Waals surface area contributed by atoms with Gasteiger partial charge in [0, 0.05) is 13.5 Å². The van der Waals surface area contributed by atoms with Gasteiger partial charge in [-0.25, -0.2) is 8.42 Å². The van der Waals surface area contributed by atoms with E-state index in [2.05, 4.69) is 10.4 Å². The Morgan fingerprint density at radius 2 is 2.07 bits per heavy atom. The standard InChI is InChI=1S/C18H24N4O4S/c1-4-26-17-6-5-13(2)9-18(17)27(24,25)21-7-8-22-16(12-21)10-15(20-22)11-19-14(3)23/h5-6,9-10H,4,7-8,11-12H2,1-3H3,(H,19,23). The van der Waals surface area contributed by atoms with Gasteiger partial charge in [-0.15, -0.1) is 0 Å². The molecule has 1 amide bonds. The van der Waals surface area contributed by atoms with Crippen molar-refractivity contribution in [2.24, 2.45) is 0 Å². The molecule has 27 heavy (non-hydrogen) atoms. The summed E-state index contributed by atoms with van der Waals surface area (Å²) in [6, 6.07) is 7.01. The van der Waals surface area contributed by atoms with E-state index in [9.17, 15) is 13.2 Å². The van der Waals surface area contributed by atoms with E-state index in [0.29, 0.717) is 37.7 Å². The minimum absolute atomic E-state index is 0.131. The molecule has 9 heteroatoms. The lowest BCUT2D eigenvalue weighted by molar-refractivity contribution is -0.119. The van der Waals surface area contributed by atoms with Crippen molar-refractivity contribution in [2.75, 3.05) is 13.2 Å². The van der Waals surface area contributed by atoms with Gasteiger partial charge in [-0.1, -0.05) is 6.07 Å². The first kappa shape index (κ1) is 19.4. The summed E-state index contributed by atoms with van der Waals surface area (Å²) in [6.07, 6.45) is 0. The van der Waals surface area contributed by atoms with Gasteiger partial charge in [-0.3, -0.25) is 9.48 Å². The number of aryl methyl sites for hydroxylation is 1. The fraction of sp³-hybridized carbons (Fsp3) is 0.444. The highest BCUT2D eigenvalue weighted by Gasteiger charge is 2.31. The zero-order valence-corrected chi connectivity index (χ0v) is 16.5. The minimum atomic E-state index is -3.70. The zero-order chi connectivity index (χ0) is 19.6. The molecule has 1 N–H and O–H groups in total. The second-order valence-electron chi connectivity index (χ2n) is 6.48. The molecule has 0 atom stereocenters. The van der Waals surface area contributed by atoms with Gasteiger partial charge in [0.2, 0.25) is 15.9 Å². The Hall–Kier alpha value is -2.39. The molecule has 2 heterocycles. The molecule has 0 saturated heterocycles. The molecule has 2 aromatic rings. The number of hydrogen-bond acceptors (Lipinski definition) is 5. The van der Waals surface area contributed by atoms with Crippen molar-refractivity contribution < 1.29 is 17.9 Å². The van der Waals surface area contributed by atoms with Crippen LogP contribution in [0, 0.1) is 6.92 Å². The first-order valence-electron chi connectivity index (χ1n) is 8.85. The number of amides is 1. The molecule has 0 saturated carbocycles. The first-order valence-corrected chi connectivity index (χ1v) is 10.3. The number of benzene rings is 1. The van der Waals surface area contributed by atoms with Gasteiger partial charge < -0.3 is 10.1 Å². The fourth-order valence-electron chi connectivity index (χ4n) is 3.04. The number of fused-ring (bicyclic) bond motifs is 1. The quantitative estimate of drug-likeness (QED) is 0.803. The summed E-state index contributed by atoms with van der Waals surface area (Å²) in [6.45, 7) is 6.87. The molecule has 1 aromatic heterocycles. The van der Waals surface area contributed by atoms with Crippen molar-refractivity contribution in [3.63, 3.8) is 0 Å². The second kappa shape index (κ2) is 7.69. The van der Waals surface area contributed by atoms with E-state index in [1.165, 1.54) is 11.2 Å². The van der Waals surface area contributed by atoms with Crippen molar-refractivity contribution in [2.45, 2.75) is 45.3 Å². The lowest BCUT2D eigenvalue weighted by Gasteiger charge is -2.27. The first-order chi connectivity index (χ1) is 12.8. The summed E-state index contributed by atoms with van der Waals surface area (Å²) in [5.41, 5.74) is 2.37. The lowest BCUT2D eigenvalue weighted by atomic mass is 10.2. The lowest BCUT2D eigenvalue weighted by Crippen LogP contribution is -2.38. The molecule has 8 nitrogen and oxygen atoms in total. The average molecular weight is 392 g/mol. The number of rotatable bonds is 6. The van der Waals surface area contributed by atoms with Crippen molar-refractivity contribution in [1.82, 2.24) is 19.4 Å². The molecule has 0 fully saturated rings. The third-order valence-electron chi connectivity index (χ3n) is 4.35. The Bertz CT molecular complexity index is 952. The summed E-state index contributed by atoms with van der Waals surface area (Å²) in [7, 11) is -3.70. The Balaban J connectivity index is 1.86. The maximum Gasteiger partial charge on any atom is 0.247 e. The zero-order valence-electron chi connectivity index (χ0n) is 15.7. The van der Waals surface area contributed by atoms with Crippen molar-refractivity contribution in [3.05, 3.63) is 41.2 Å². The largest absolute Gasteiger partial charge is 0.492 e. The van der Waals surface area contributed by atoms with Gasteiger partial charge in [0.1, 0.15) is 10.6 Å². The summed E-state index contributed by atoms with van der Waals surface area (Å²) < 4.78 is 35.2. The number of hydrogen-bond donors (Lipinski definition) is 1. The van der Waals surface area contributed by atoms with Crippen LogP contribution in [0.5, 0.6) is 5.75 Å². The van der Waals surface area contributed by atoms with Crippen LogP contribution < -0.4 is 10.1 Å². The molecule has 0 bridgehead atoms. The highest BCUT2D eigenvalue weighted by Crippen LogP contribution is 2.30. The van der Waals surface area contributed by atoms with Crippen LogP contribution in [-0.2, 0) is 34.5 Å². The Labute approximate surface area is 159 Å². The molecule has 0 spiro atoms. The number of ether oxygens (including phenoxy) is 1. The average Bonchev–Trinajstić information content (AvgIpc) is 3.03. The predicted molar refractivity (Wildman–Crippen MR) is 99.7 cm³/mol. The van der Waals surface area contributed by atoms with E-state index in [1.54, 1.807) is 16.8 Å². The van der Waals surface area contributed by atoms with Gasteiger partial charge in [0.25, 0.3) is 0 Å². The number of nitrogens with one attached hydrogen (secondary N) is 1. The van der Waals surface area contributed by atoms with Crippen LogP contribution in [-0.4, -0.2) is 41.6 Å². The monoisotopic (exact) mass is 392 g/mol. The van der Waals surface area contributed by atoms with E-state index >= 15 is 0 Å². The third kappa shape index (κ3) is 4.14. The molecule has 1 aliphatic rings. The SMILES string of the molecule is CCOc1ccc(C)cc1S(=O)(=O)N1CCn2nc(CNC(C)=O)cc2C1. The van der Waals surface area contributed by atoms with Crippen LogP contribution >= 0.6 is 0 Å². The van der Waals surface area contributed by atoms with Gasteiger partial charge in [0.05, 0.1) is 37.6 Å². The summed E-state index contributed by atoms with van der Waals surface area (Å²) >= 11 is 0. The summed E-state index contributed by atoms with van der Waals surface area (Å²) in [5.74, 6) is 0.238. The van der Waals surface area contributed by atoms with E-state index in [0.717, 1.165) is 11.3 Å². The molecule has 146 valence electrons. The predicted octanol–water partition coefficient (Wildman–Crippen LogP) is 1.43. The minimum Gasteiger partial charge on any atom is -0.492 e. The second-order valence-corrected chi connectivity index (χ2v) is 8.39. The topological polar surface area (TPSA) is 93.5 Å². The van der Waals surface area contributed by atoms with E-state index in [-0.39, 0.29) is 17.3 Å². The van der Waals surface area contributed by atoms with Gasteiger partial charge in [0.15, 0.2) is 0 Å². The van der Waals surface area contributed by atoms with Gasteiger partial charge >= 0.3 is 0 Å². The molecule has 0 unspecified atom stereocenters. The number of nitrogens with zero attached hydrogens (tertiary/aromatic N) is 3. The van der Waals surface area contributed by atoms with E-state index in [1.807, 2.05) is 26.0 Å². The Morgan fingerprint density at radius 3 is 2.78 bits per heavy atom. The van der Waals surface area contributed by atoms with Crippen LogP contribution in [0.25, 0.3) is 0 Å². The smallest absolute Gasteiger partial charge is 0.247 e. The molecule has 0 aliphatic carbocycles. The number of sulfonamides is 1. The maximum absolute atomic E-state index is 13.2. The fourth-order valence-corrected chi connectivity index (χ4v) is 4.66. The third-order valence-corrected chi connectivity index (χ3v) is 6.22. The Kier molecular flexibility index (Phi) is 5.52. The highest BCUT2D eigenvalue weighted by molar-refractivity contribution is 7.89. The van der Waals surface area contributed by atoms with Crippen molar-refractivity contribution >= 4 is 15.9 Å². The summed E-state index contributed by atoms with van der Waals surface area (Å²) in [4.78, 5) is 11.3. The molecular formula is C18H24N4O4S. The van der Waals surface area contributed by atoms with Gasteiger partial charge in [-0.05, 0) is 37.6 Å².